The number of aromatic nitrogens is 2. The van der Waals surface area contributed by atoms with Crippen LogP contribution in [-0.2, 0) is 24.3 Å². The Kier molecular flexibility index (Phi) is 9.09. The second-order valence-electron chi connectivity index (χ2n) is 11.6. The van der Waals surface area contributed by atoms with Gasteiger partial charge in [-0.05, 0) is 87.7 Å². The second-order valence-corrected chi connectivity index (χ2v) is 11.6. The first-order valence-corrected chi connectivity index (χ1v) is 15.2. The molecule has 0 amide bonds. The molecule has 2 aromatic heterocycles. The molecule has 0 saturated carbocycles. The molecule has 230 valence electrons. The van der Waals surface area contributed by atoms with Crippen molar-refractivity contribution < 1.29 is 28.6 Å². The molecular weight excluding hydrogens is 559 g/mol. The summed E-state index contributed by atoms with van der Waals surface area (Å²) < 4.78 is 30.0. The Morgan fingerprint density at radius 3 is 2.36 bits per heavy atom. The first kappa shape index (κ1) is 30.9. The molecule has 8 heteroatoms. The molecule has 0 spiro atoms. The summed E-state index contributed by atoms with van der Waals surface area (Å²) in [6.07, 6.45) is 7.31. The predicted molar refractivity (Wildman–Crippen MR) is 170 cm³/mol. The number of fused-ring (bicyclic) bond motifs is 2. The fourth-order valence-corrected chi connectivity index (χ4v) is 5.65. The summed E-state index contributed by atoms with van der Waals surface area (Å²) in [7, 11) is 0. The largest absolute Gasteiger partial charge is 0.493 e. The first-order valence-electron chi connectivity index (χ1n) is 15.2. The molecular formula is C36H39FN2O5. The number of nitrogens with zero attached hydrogens (tertiary/aromatic N) is 2. The van der Waals surface area contributed by atoms with Gasteiger partial charge in [0.05, 0.1) is 17.6 Å². The van der Waals surface area contributed by atoms with E-state index in [2.05, 4.69) is 23.0 Å². The van der Waals surface area contributed by atoms with Crippen LogP contribution < -0.4 is 9.47 Å². The summed E-state index contributed by atoms with van der Waals surface area (Å²) in [5.74, 6) is -0.163. The van der Waals surface area contributed by atoms with E-state index in [0.29, 0.717) is 30.0 Å². The molecule has 5 rings (SSSR count). The van der Waals surface area contributed by atoms with Gasteiger partial charge < -0.3 is 23.7 Å². The topological polar surface area (TPSA) is 82.7 Å². The Bertz CT molecular complexity index is 1800. The van der Waals surface area contributed by atoms with Gasteiger partial charge in [0.2, 0.25) is 0 Å². The summed E-state index contributed by atoms with van der Waals surface area (Å²) in [4.78, 5) is 25.1. The van der Waals surface area contributed by atoms with E-state index in [1.54, 1.807) is 6.07 Å². The first-order chi connectivity index (χ1) is 21.1. The van der Waals surface area contributed by atoms with Crippen molar-refractivity contribution in [2.75, 3.05) is 6.61 Å². The van der Waals surface area contributed by atoms with Gasteiger partial charge in [-0.25, -0.2) is 9.18 Å². The Hall–Kier alpha value is -4.59. The number of carbonyl (C=O) groups is 2. The monoisotopic (exact) mass is 598 g/mol. The number of rotatable bonds is 14. The standard InChI is InChI=1S/C36H39FN2O5/c1-5-9-28-31(17-16-26-29(23-39(19-6-2)33(26)28)34(40)24-12-14-25(37)15-13-24)43-22-8-20-38-21-18-27-30(38)10-7-11-32(27)44-36(3,4)35(41)42/h7,10-18,21,23H,5-6,8-9,19-20,22H2,1-4H3,(H,41,42). The minimum atomic E-state index is -1.34. The smallest absolute Gasteiger partial charge is 0.347 e. The molecule has 0 aliphatic carbocycles. The number of aliphatic carboxylic acids is 1. The van der Waals surface area contributed by atoms with Crippen LogP contribution in [0.4, 0.5) is 4.39 Å². The van der Waals surface area contributed by atoms with Crippen molar-refractivity contribution in [1.29, 1.82) is 0 Å². The fourth-order valence-electron chi connectivity index (χ4n) is 5.65. The molecule has 0 bridgehead atoms. The van der Waals surface area contributed by atoms with Crippen molar-refractivity contribution in [3.8, 4) is 11.5 Å². The van der Waals surface area contributed by atoms with Gasteiger partial charge in [0, 0.05) is 52.9 Å². The maximum Gasteiger partial charge on any atom is 0.347 e. The van der Waals surface area contributed by atoms with Gasteiger partial charge in [0.1, 0.15) is 17.3 Å². The number of hydrogen-bond donors (Lipinski definition) is 1. The molecule has 5 aromatic rings. The summed E-state index contributed by atoms with van der Waals surface area (Å²) in [5.41, 5.74) is 2.80. The van der Waals surface area contributed by atoms with E-state index >= 15 is 0 Å². The molecule has 1 N–H and O–H groups in total. The van der Waals surface area contributed by atoms with Crippen LogP contribution in [-0.4, -0.2) is 38.2 Å². The normalized spacial score (nSPS) is 11.8. The molecule has 44 heavy (non-hydrogen) atoms. The number of carbonyl (C=O) groups excluding carboxylic acids is 1. The van der Waals surface area contributed by atoms with E-state index in [1.165, 1.54) is 38.1 Å². The van der Waals surface area contributed by atoms with Crippen LogP contribution in [0.15, 0.2) is 73.1 Å². The van der Waals surface area contributed by atoms with E-state index < -0.39 is 11.6 Å². The fraction of sp³-hybridized carbons (Fsp3) is 0.333. The number of ketones is 1. The number of benzene rings is 3. The minimum absolute atomic E-state index is 0.125. The molecule has 2 heterocycles. The van der Waals surface area contributed by atoms with Crippen molar-refractivity contribution in [2.24, 2.45) is 0 Å². The van der Waals surface area contributed by atoms with Crippen molar-refractivity contribution in [3.05, 3.63) is 95.6 Å². The third-order valence-electron chi connectivity index (χ3n) is 7.87. The third kappa shape index (κ3) is 6.20. The maximum atomic E-state index is 13.5. The molecule has 7 nitrogen and oxygen atoms in total. The van der Waals surface area contributed by atoms with Crippen molar-refractivity contribution in [2.45, 2.75) is 72.1 Å². The highest BCUT2D eigenvalue weighted by Crippen LogP contribution is 2.35. The molecule has 3 aromatic carbocycles. The summed E-state index contributed by atoms with van der Waals surface area (Å²) in [6, 6.07) is 17.2. The number of carboxylic acids is 1. The lowest BCUT2D eigenvalue weighted by Gasteiger charge is -2.22. The van der Waals surface area contributed by atoms with Gasteiger partial charge >= 0.3 is 5.97 Å². The highest BCUT2D eigenvalue weighted by Gasteiger charge is 2.30. The molecule has 0 fully saturated rings. The average Bonchev–Trinajstić information content (AvgIpc) is 3.58. The zero-order chi connectivity index (χ0) is 31.4. The van der Waals surface area contributed by atoms with Crippen molar-refractivity contribution >= 4 is 33.6 Å². The lowest BCUT2D eigenvalue weighted by Crippen LogP contribution is -2.37. The van der Waals surface area contributed by atoms with Crippen LogP contribution in [0.5, 0.6) is 11.5 Å². The van der Waals surface area contributed by atoms with Crippen LogP contribution in [0.2, 0.25) is 0 Å². The van der Waals surface area contributed by atoms with Gasteiger partial charge in [-0.2, -0.15) is 0 Å². The predicted octanol–water partition coefficient (Wildman–Crippen LogP) is 8.04. The maximum absolute atomic E-state index is 13.5. The summed E-state index contributed by atoms with van der Waals surface area (Å²) in [6.45, 7) is 9.30. The lowest BCUT2D eigenvalue weighted by molar-refractivity contribution is -0.152. The number of carboxylic acid groups (broad SMARTS) is 1. The average molecular weight is 599 g/mol. The molecule has 0 saturated heterocycles. The number of hydrogen-bond acceptors (Lipinski definition) is 4. The Balaban J connectivity index is 1.36. The number of halogens is 1. The lowest BCUT2D eigenvalue weighted by atomic mass is 9.99. The van der Waals surface area contributed by atoms with Crippen LogP contribution in [0, 0.1) is 5.82 Å². The SMILES string of the molecule is CCCc1c(OCCCn2ccc3c(OC(C)(C)C(=O)O)cccc32)ccc2c(C(=O)c3ccc(F)cc3)cn(CCC)c12. The van der Waals surface area contributed by atoms with Crippen LogP contribution >= 0.6 is 0 Å². The zero-order valence-corrected chi connectivity index (χ0v) is 25.7. The number of ether oxygens (including phenoxy) is 2. The van der Waals surface area contributed by atoms with Gasteiger partial charge in [0.15, 0.2) is 11.4 Å². The summed E-state index contributed by atoms with van der Waals surface area (Å²) >= 11 is 0. The van der Waals surface area contributed by atoms with Gasteiger partial charge in [-0.3, -0.25) is 4.79 Å². The van der Waals surface area contributed by atoms with Crippen molar-refractivity contribution in [1.82, 2.24) is 9.13 Å². The van der Waals surface area contributed by atoms with Crippen LogP contribution in [0.25, 0.3) is 21.8 Å². The quantitative estimate of drug-likeness (QED) is 0.103. The Morgan fingerprint density at radius 1 is 0.886 bits per heavy atom. The van der Waals surface area contributed by atoms with Crippen LogP contribution in [0.3, 0.4) is 0 Å². The van der Waals surface area contributed by atoms with E-state index in [4.69, 9.17) is 9.47 Å². The van der Waals surface area contributed by atoms with Gasteiger partial charge in [-0.15, -0.1) is 0 Å². The summed E-state index contributed by atoms with van der Waals surface area (Å²) in [5, 5.41) is 11.2. The zero-order valence-electron chi connectivity index (χ0n) is 25.7. The molecule has 0 radical (unpaired) electrons. The van der Waals surface area contributed by atoms with E-state index in [-0.39, 0.29) is 11.6 Å². The van der Waals surface area contributed by atoms with E-state index in [0.717, 1.165) is 65.3 Å². The minimum Gasteiger partial charge on any atom is -0.493 e. The Morgan fingerprint density at radius 2 is 1.66 bits per heavy atom. The molecule has 0 aliphatic rings. The molecule has 0 aliphatic heterocycles. The van der Waals surface area contributed by atoms with E-state index in [9.17, 15) is 19.1 Å². The highest BCUT2D eigenvalue weighted by atomic mass is 19.1. The molecule has 0 unspecified atom stereocenters. The molecule has 0 atom stereocenters. The van der Waals surface area contributed by atoms with Crippen LogP contribution in [0.1, 0.15) is 68.4 Å². The third-order valence-corrected chi connectivity index (χ3v) is 7.87. The van der Waals surface area contributed by atoms with Gasteiger partial charge in [-0.1, -0.05) is 26.3 Å². The number of aryl methyl sites for hydroxylation is 3. The van der Waals surface area contributed by atoms with Gasteiger partial charge in [0.25, 0.3) is 0 Å². The van der Waals surface area contributed by atoms with E-state index in [1.807, 2.05) is 42.7 Å². The highest BCUT2D eigenvalue weighted by molar-refractivity contribution is 6.17. The Labute approximate surface area is 256 Å². The van der Waals surface area contributed by atoms with Crippen molar-refractivity contribution in [3.63, 3.8) is 0 Å². The second kappa shape index (κ2) is 13.0.